The number of aliphatic carboxylic acids is 1. The molecule has 40 valence electrons. The van der Waals surface area contributed by atoms with Crippen LogP contribution in [0.25, 0.3) is 0 Å². The molecule has 0 aliphatic heterocycles. The first kappa shape index (κ1) is 6.43. The summed E-state index contributed by atoms with van der Waals surface area (Å²) in [7, 11) is 0. The number of carbonyl (C=O) groups is 1. The van der Waals surface area contributed by atoms with E-state index in [0.29, 0.717) is 0 Å². The molecule has 0 atom stereocenters. The summed E-state index contributed by atoms with van der Waals surface area (Å²) in [6, 6.07) is 0. The molecular formula is C3H2ClFO2. The lowest BCUT2D eigenvalue weighted by Gasteiger charge is -1.78. The van der Waals surface area contributed by atoms with E-state index in [2.05, 4.69) is 11.6 Å². The van der Waals surface area contributed by atoms with E-state index < -0.39 is 11.0 Å². The fraction of sp³-hybridized carbons (Fsp3) is 0. The van der Waals surface area contributed by atoms with E-state index in [-0.39, 0.29) is 6.33 Å². The molecule has 0 unspecified atom stereocenters. The largest absolute Gasteiger partial charge is 0.477 e. The van der Waals surface area contributed by atoms with E-state index in [4.69, 9.17) is 5.11 Å². The quantitative estimate of drug-likeness (QED) is 0.532. The van der Waals surface area contributed by atoms with Crippen LogP contribution in [0, 0.1) is 0 Å². The van der Waals surface area contributed by atoms with E-state index in [0.717, 1.165) is 0 Å². The van der Waals surface area contributed by atoms with E-state index in [9.17, 15) is 9.18 Å². The van der Waals surface area contributed by atoms with E-state index >= 15 is 0 Å². The molecule has 7 heavy (non-hydrogen) atoms. The molecule has 0 radical (unpaired) electrons. The van der Waals surface area contributed by atoms with Gasteiger partial charge in [-0.2, -0.15) is 0 Å². The predicted octanol–water partition coefficient (Wildman–Crippen LogP) is 1.12. The van der Waals surface area contributed by atoms with Crippen LogP contribution < -0.4 is 0 Å². The Morgan fingerprint density at radius 2 is 2.29 bits per heavy atom. The summed E-state index contributed by atoms with van der Waals surface area (Å²) in [6.45, 7) is 0. The Morgan fingerprint density at radius 1 is 1.86 bits per heavy atom. The highest BCUT2D eigenvalue weighted by molar-refractivity contribution is 6.40. The summed E-state index contributed by atoms with van der Waals surface area (Å²) in [5, 5.41) is 6.94. The minimum Gasteiger partial charge on any atom is -0.477 e. The third-order valence-electron chi connectivity index (χ3n) is 0.300. The number of hydrogen-bond acceptors (Lipinski definition) is 1. The van der Waals surface area contributed by atoms with Crippen LogP contribution in [0.4, 0.5) is 4.39 Å². The number of hydrogen-bond donors (Lipinski definition) is 1. The second kappa shape index (κ2) is 2.58. The second-order valence-corrected chi connectivity index (χ2v) is 1.17. The van der Waals surface area contributed by atoms with Crippen molar-refractivity contribution in [2.75, 3.05) is 0 Å². The maximum atomic E-state index is 11.0. The zero-order chi connectivity index (χ0) is 5.86. The minimum atomic E-state index is -1.45. The van der Waals surface area contributed by atoms with Crippen molar-refractivity contribution in [2.45, 2.75) is 0 Å². The van der Waals surface area contributed by atoms with Gasteiger partial charge < -0.3 is 5.11 Å². The molecule has 0 saturated heterocycles. The van der Waals surface area contributed by atoms with E-state index in [1.807, 2.05) is 0 Å². The Morgan fingerprint density at radius 3 is 2.29 bits per heavy atom. The maximum Gasteiger partial charge on any atom is 0.349 e. The molecule has 1 N–H and O–H groups in total. The van der Waals surface area contributed by atoms with E-state index in [1.165, 1.54) is 0 Å². The van der Waals surface area contributed by atoms with Crippen molar-refractivity contribution in [2.24, 2.45) is 0 Å². The topological polar surface area (TPSA) is 37.3 Å². The molecule has 0 aliphatic rings. The monoisotopic (exact) mass is 124 g/mol. The lowest BCUT2D eigenvalue weighted by Crippen LogP contribution is -1.91. The number of rotatable bonds is 1. The Hall–Kier alpha value is -0.570. The van der Waals surface area contributed by atoms with Crippen molar-refractivity contribution in [1.29, 1.82) is 0 Å². The van der Waals surface area contributed by atoms with Gasteiger partial charge >= 0.3 is 5.97 Å². The van der Waals surface area contributed by atoms with Crippen molar-refractivity contribution in [3.05, 3.63) is 11.4 Å². The molecule has 0 amide bonds. The van der Waals surface area contributed by atoms with Gasteiger partial charge in [0.05, 0.1) is 0 Å². The zero-order valence-corrected chi connectivity index (χ0v) is 3.94. The highest BCUT2D eigenvalue weighted by atomic mass is 35.5. The maximum absolute atomic E-state index is 11.0. The highest BCUT2D eigenvalue weighted by Crippen LogP contribution is 1.98. The lowest BCUT2D eigenvalue weighted by molar-refractivity contribution is -0.131. The van der Waals surface area contributed by atoms with Gasteiger partial charge in [0.1, 0.15) is 6.33 Å². The molecule has 0 aromatic rings. The minimum absolute atomic E-state index is 0.177. The van der Waals surface area contributed by atoms with Crippen LogP contribution in [0.2, 0.25) is 0 Å². The van der Waals surface area contributed by atoms with Crippen LogP contribution in [0.5, 0.6) is 0 Å². The van der Waals surface area contributed by atoms with Gasteiger partial charge in [0.2, 0.25) is 0 Å². The van der Waals surface area contributed by atoms with Crippen LogP contribution in [-0.4, -0.2) is 11.1 Å². The normalized spacial score (nSPS) is 11.4. The van der Waals surface area contributed by atoms with Gasteiger partial charge in [-0.15, -0.1) is 0 Å². The SMILES string of the molecule is O=C(O)C(Cl)=CF. The summed E-state index contributed by atoms with van der Waals surface area (Å²) >= 11 is 4.69. The lowest BCUT2D eigenvalue weighted by atomic mass is 10.6. The number of carboxylic acids is 1. The Labute approximate surface area is 44.2 Å². The predicted molar refractivity (Wildman–Crippen MR) is 22.7 cm³/mol. The Balaban J connectivity index is 3.82. The van der Waals surface area contributed by atoms with Crippen molar-refractivity contribution in [1.82, 2.24) is 0 Å². The summed E-state index contributed by atoms with van der Waals surface area (Å²) in [5.74, 6) is -1.45. The van der Waals surface area contributed by atoms with Gasteiger partial charge in [0.15, 0.2) is 5.03 Å². The standard InChI is InChI=1S/C3H2ClFO2/c4-2(1-5)3(6)7/h1H,(H,6,7). The molecule has 2 nitrogen and oxygen atoms in total. The van der Waals surface area contributed by atoms with Gasteiger partial charge in [-0.05, 0) is 0 Å². The van der Waals surface area contributed by atoms with Gasteiger partial charge in [-0.25, -0.2) is 9.18 Å². The third-order valence-corrected chi connectivity index (χ3v) is 0.544. The fourth-order valence-corrected chi connectivity index (χ4v) is 0.0467. The van der Waals surface area contributed by atoms with Crippen molar-refractivity contribution < 1.29 is 14.3 Å². The zero-order valence-electron chi connectivity index (χ0n) is 3.19. The highest BCUT2D eigenvalue weighted by Gasteiger charge is 1.99. The smallest absolute Gasteiger partial charge is 0.349 e. The number of carboxylic acid groups (broad SMARTS) is 1. The summed E-state index contributed by atoms with van der Waals surface area (Å²) in [5.41, 5.74) is 0. The molecule has 0 aromatic heterocycles. The summed E-state index contributed by atoms with van der Waals surface area (Å²) < 4.78 is 11.0. The molecule has 4 heteroatoms. The summed E-state index contributed by atoms with van der Waals surface area (Å²) in [4.78, 5) is 9.49. The average Bonchev–Trinajstić information content (AvgIpc) is 1.65. The average molecular weight is 124 g/mol. The van der Waals surface area contributed by atoms with Crippen LogP contribution in [0.3, 0.4) is 0 Å². The molecule has 0 aromatic carbocycles. The van der Waals surface area contributed by atoms with Gasteiger partial charge in [0.25, 0.3) is 0 Å². The summed E-state index contributed by atoms with van der Waals surface area (Å²) in [6.07, 6.45) is -0.177. The van der Waals surface area contributed by atoms with Crippen molar-refractivity contribution in [3.63, 3.8) is 0 Å². The Kier molecular flexibility index (Phi) is 2.37. The first-order valence-corrected chi connectivity index (χ1v) is 1.75. The van der Waals surface area contributed by atoms with Crippen LogP contribution in [0.1, 0.15) is 0 Å². The third kappa shape index (κ3) is 2.17. The van der Waals surface area contributed by atoms with Crippen LogP contribution >= 0.6 is 11.6 Å². The number of halogens is 2. The van der Waals surface area contributed by atoms with Crippen LogP contribution in [-0.2, 0) is 4.79 Å². The molecule has 0 bridgehead atoms. The molecule has 0 aliphatic carbocycles. The molecule has 0 fully saturated rings. The molecule has 0 spiro atoms. The molecule has 0 rings (SSSR count). The first-order chi connectivity index (χ1) is 3.18. The van der Waals surface area contributed by atoms with E-state index in [1.54, 1.807) is 0 Å². The van der Waals surface area contributed by atoms with Gasteiger partial charge in [-0.1, -0.05) is 11.6 Å². The molecule has 0 heterocycles. The molecular weight excluding hydrogens is 122 g/mol. The van der Waals surface area contributed by atoms with Crippen LogP contribution in [0.15, 0.2) is 11.4 Å². The van der Waals surface area contributed by atoms with Gasteiger partial charge in [0, 0.05) is 0 Å². The molecule has 0 saturated carbocycles. The van der Waals surface area contributed by atoms with Gasteiger partial charge in [-0.3, -0.25) is 0 Å². The Bertz CT molecular complexity index is 110. The van der Waals surface area contributed by atoms with Crippen molar-refractivity contribution >= 4 is 17.6 Å². The fourth-order valence-electron chi connectivity index (χ4n) is 0.0467. The van der Waals surface area contributed by atoms with Crippen molar-refractivity contribution in [3.8, 4) is 0 Å². The first-order valence-electron chi connectivity index (χ1n) is 1.37. The second-order valence-electron chi connectivity index (χ2n) is 0.762.